The Morgan fingerprint density at radius 1 is 1.15 bits per heavy atom. The topological polar surface area (TPSA) is 87.1 Å². The van der Waals surface area contributed by atoms with E-state index in [1.54, 1.807) is 19.2 Å². The van der Waals surface area contributed by atoms with Crippen LogP contribution in [0.4, 0.5) is 0 Å². The Morgan fingerprint density at radius 3 is 2.55 bits per heavy atom. The van der Waals surface area contributed by atoms with Crippen LogP contribution < -0.4 is 0 Å². The Labute approximate surface area is 196 Å². The number of carbonyl (C=O) groups excluding carboxylic acids is 2. The van der Waals surface area contributed by atoms with Crippen molar-refractivity contribution in [1.29, 1.82) is 0 Å². The van der Waals surface area contributed by atoms with E-state index in [1.807, 2.05) is 12.1 Å². The maximum absolute atomic E-state index is 12.9. The summed E-state index contributed by atoms with van der Waals surface area (Å²) in [5.74, 6) is -0.771. The van der Waals surface area contributed by atoms with Crippen molar-refractivity contribution in [3.8, 4) is 5.75 Å². The predicted octanol–water partition coefficient (Wildman–Crippen LogP) is 4.19. The van der Waals surface area contributed by atoms with Gasteiger partial charge in [-0.15, -0.1) is 0 Å². The first-order chi connectivity index (χ1) is 15.8. The normalized spacial score (nSPS) is 27.8. The molecule has 2 amide bonds. The van der Waals surface area contributed by atoms with Gasteiger partial charge in [0.2, 0.25) is 11.8 Å². The number of hydrogen-bond donors (Lipinski definition) is 2. The largest absolute Gasteiger partial charge is 0.508 e. The quantitative estimate of drug-likeness (QED) is 0.369. The van der Waals surface area contributed by atoms with Gasteiger partial charge < -0.3 is 14.8 Å². The molecule has 0 radical (unpaired) electrons. The summed E-state index contributed by atoms with van der Waals surface area (Å²) in [6.07, 6.45) is 7.26. The molecule has 0 bridgehead atoms. The van der Waals surface area contributed by atoms with Crippen LogP contribution in [0.15, 0.2) is 41.0 Å². The number of amides is 2. The summed E-state index contributed by atoms with van der Waals surface area (Å²) in [5, 5.41) is 20.1. The zero-order valence-corrected chi connectivity index (χ0v) is 19.8. The van der Waals surface area contributed by atoms with Crippen LogP contribution in [0.2, 0.25) is 6.32 Å². The number of aromatic hydroxyl groups is 1. The smallest absolute Gasteiger partial charge is 0.455 e. The fraction of sp³-hybridized carbons (Fsp3) is 0.538. The van der Waals surface area contributed by atoms with Crippen LogP contribution in [0.5, 0.6) is 5.75 Å². The zero-order valence-electron chi connectivity index (χ0n) is 19.8. The molecule has 7 heteroatoms. The third kappa shape index (κ3) is 4.66. The number of carbonyl (C=O) groups is 2. The lowest BCUT2D eigenvalue weighted by Gasteiger charge is -2.43. The van der Waals surface area contributed by atoms with Crippen LogP contribution in [0.3, 0.4) is 0 Å². The number of nitrogens with zero attached hydrogens (tertiary/aromatic N) is 1. The minimum Gasteiger partial charge on any atom is -0.508 e. The van der Waals surface area contributed by atoms with E-state index in [-0.39, 0.29) is 41.4 Å². The number of fused-ring (bicyclic) bond motifs is 3. The van der Waals surface area contributed by atoms with Crippen molar-refractivity contribution in [2.75, 3.05) is 7.05 Å². The number of benzene rings is 1. The number of rotatable bonds is 7. The molecule has 2 saturated heterocycles. The van der Waals surface area contributed by atoms with E-state index in [9.17, 15) is 19.7 Å². The van der Waals surface area contributed by atoms with E-state index < -0.39 is 7.12 Å². The zero-order chi connectivity index (χ0) is 23.7. The molecule has 176 valence electrons. The summed E-state index contributed by atoms with van der Waals surface area (Å²) >= 11 is 0. The summed E-state index contributed by atoms with van der Waals surface area (Å²) in [6.45, 7) is 4.25. The fourth-order valence-corrected chi connectivity index (χ4v) is 5.97. The average molecular weight is 451 g/mol. The maximum atomic E-state index is 12.9. The number of hydrogen-bond acceptors (Lipinski definition) is 5. The maximum Gasteiger partial charge on any atom is 0.455 e. The number of imide groups is 1. The molecule has 4 rings (SSSR count). The molecule has 0 unspecified atom stereocenters. The third-order valence-corrected chi connectivity index (χ3v) is 7.52. The Morgan fingerprint density at radius 2 is 1.88 bits per heavy atom. The number of likely N-dealkylation sites (tertiary alicyclic amines) is 1. The number of phenols is 1. The molecule has 0 saturated carbocycles. The molecule has 0 spiro atoms. The van der Waals surface area contributed by atoms with Gasteiger partial charge in [-0.2, -0.15) is 0 Å². The van der Waals surface area contributed by atoms with Gasteiger partial charge >= 0.3 is 7.12 Å². The van der Waals surface area contributed by atoms with Crippen molar-refractivity contribution >= 4 is 25.0 Å². The van der Waals surface area contributed by atoms with Crippen molar-refractivity contribution in [1.82, 2.24) is 4.90 Å². The van der Waals surface area contributed by atoms with Crippen LogP contribution in [0.1, 0.15) is 57.9 Å². The lowest BCUT2D eigenvalue weighted by atomic mass is 9.58. The van der Waals surface area contributed by atoms with E-state index in [2.05, 4.69) is 19.9 Å². The van der Waals surface area contributed by atoms with Crippen molar-refractivity contribution in [3.63, 3.8) is 0 Å². The Balaban J connectivity index is 1.59. The SMILES string of the molecule is CCC/C(=C\c1ccc(O)cc1)CC[C@H]1OB(O)C[C@H]2C1=C(CC)C[C@H]1C(=O)N(C)C(=O)[C@H]12. The molecule has 1 aliphatic carbocycles. The van der Waals surface area contributed by atoms with Gasteiger partial charge in [0.05, 0.1) is 17.9 Å². The van der Waals surface area contributed by atoms with Gasteiger partial charge in [0.15, 0.2) is 0 Å². The molecule has 1 aromatic rings. The van der Waals surface area contributed by atoms with Crippen LogP contribution in [0.25, 0.3) is 6.08 Å². The molecule has 2 N–H and O–H groups in total. The van der Waals surface area contributed by atoms with Crippen LogP contribution in [-0.4, -0.2) is 47.1 Å². The lowest BCUT2D eigenvalue weighted by Crippen LogP contribution is -2.46. The van der Waals surface area contributed by atoms with Crippen molar-refractivity contribution < 1.29 is 24.4 Å². The van der Waals surface area contributed by atoms with Crippen molar-refractivity contribution in [2.24, 2.45) is 17.8 Å². The first-order valence-corrected chi connectivity index (χ1v) is 12.2. The molecular weight excluding hydrogens is 417 g/mol. The van der Waals surface area contributed by atoms with E-state index in [1.165, 1.54) is 16.0 Å². The molecule has 0 aromatic heterocycles. The number of phenolic OH excluding ortho intramolecular Hbond substituents is 1. The van der Waals surface area contributed by atoms with Crippen LogP contribution in [0, 0.1) is 17.8 Å². The minimum absolute atomic E-state index is 0.0883. The lowest BCUT2D eigenvalue weighted by molar-refractivity contribution is -0.138. The van der Waals surface area contributed by atoms with Gasteiger partial charge in [-0.3, -0.25) is 14.5 Å². The molecule has 1 aromatic carbocycles. The Kier molecular flexibility index (Phi) is 7.10. The first-order valence-electron chi connectivity index (χ1n) is 12.2. The van der Waals surface area contributed by atoms with Gasteiger partial charge in [0.1, 0.15) is 5.75 Å². The van der Waals surface area contributed by atoms with E-state index in [0.29, 0.717) is 12.7 Å². The number of allylic oxidation sites excluding steroid dienone is 2. The van der Waals surface area contributed by atoms with E-state index in [4.69, 9.17) is 4.65 Å². The molecule has 33 heavy (non-hydrogen) atoms. The fourth-order valence-electron chi connectivity index (χ4n) is 5.97. The van der Waals surface area contributed by atoms with E-state index in [0.717, 1.165) is 43.2 Å². The average Bonchev–Trinajstić information content (AvgIpc) is 3.02. The second kappa shape index (κ2) is 9.86. The summed E-state index contributed by atoms with van der Waals surface area (Å²) < 4.78 is 6.05. The molecule has 2 fully saturated rings. The molecule has 4 atom stereocenters. The highest BCUT2D eigenvalue weighted by Gasteiger charge is 2.56. The summed E-state index contributed by atoms with van der Waals surface area (Å²) in [7, 11) is 0.650. The predicted molar refractivity (Wildman–Crippen MR) is 128 cm³/mol. The monoisotopic (exact) mass is 451 g/mol. The Hall–Kier alpha value is -2.38. The third-order valence-electron chi connectivity index (χ3n) is 7.52. The highest BCUT2D eigenvalue weighted by atomic mass is 16.5. The summed E-state index contributed by atoms with van der Waals surface area (Å²) in [5.41, 5.74) is 4.71. The van der Waals surface area contributed by atoms with Crippen molar-refractivity contribution in [3.05, 3.63) is 46.5 Å². The van der Waals surface area contributed by atoms with E-state index >= 15 is 0 Å². The molecule has 2 heterocycles. The molecule has 2 aliphatic heterocycles. The van der Waals surface area contributed by atoms with Gasteiger partial charge in [0, 0.05) is 7.05 Å². The highest BCUT2D eigenvalue weighted by Crippen LogP contribution is 2.50. The van der Waals surface area contributed by atoms with Gasteiger partial charge in [-0.1, -0.05) is 49.6 Å². The molecule has 3 aliphatic rings. The van der Waals surface area contributed by atoms with Gasteiger partial charge in [-0.05, 0) is 67.6 Å². The minimum atomic E-state index is -0.926. The van der Waals surface area contributed by atoms with Crippen molar-refractivity contribution in [2.45, 2.75) is 64.8 Å². The summed E-state index contributed by atoms with van der Waals surface area (Å²) in [6, 6.07) is 7.18. The molecular formula is C26H34BNO5. The van der Waals surface area contributed by atoms with Crippen LogP contribution >= 0.6 is 0 Å². The first kappa shape index (κ1) is 23.8. The second-order valence-electron chi connectivity index (χ2n) is 9.59. The molecule has 6 nitrogen and oxygen atoms in total. The standard InChI is InChI=1S/C26H34BNO5/c1-4-6-16(13-17-7-10-19(29)11-8-17)9-12-22-23-18(5-2)14-20-24(21(23)15-27(32)33-22)26(31)28(3)25(20)30/h7-8,10-11,13,20-22,24,29,32H,4-6,9,12,14-15H2,1-3H3/b16-13+/t20-,21+,22-,24-/m1/s1. The van der Waals surface area contributed by atoms with Gasteiger partial charge in [-0.25, -0.2) is 0 Å². The Bertz CT molecular complexity index is 969. The highest BCUT2D eigenvalue weighted by molar-refractivity contribution is 6.43. The summed E-state index contributed by atoms with van der Waals surface area (Å²) in [4.78, 5) is 26.9. The second-order valence-corrected chi connectivity index (χ2v) is 9.59. The van der Waals surface area contributed by atoms with Gasteiger partial charge in [0.25, 0.3) is 0 Å². The van der Waals surface area contributed by atoms with Crippen LogP contribution in [-0.2, 0) is 14.2 Å².